The number of benzene rings is 4. The Hall–Kier alpha value is -4.84. The van der Waals surface area contributed by atoms with Crippen molar-refractivity contribution in [3.05, 3.63) is 132 Å². The highest BCUT2D eigenvalue weighted by Crippen LogP contribution is 2.20. The first kappa shape index (κ1) is 23.3. The second-order valence-corrected chi connectivity index (χ2v) is 7.55. The highest BCUT2D eigenvalue weighted by molar-refractivity contribution is 6.47. The van der Waals surface area contributed by atoms with E-state index >= 15 is 0 Å². The van der Waals surface area contributed by atoms with E-state index in [2.05, 4.69) is 10.3 Å². The fraction of sp³-hybridized carbons (Fsp3) is 0.0345. The smallest absolute Gasteiger partial charge is 0.312 e. The topological polar surface area (TPSA) is 77.3 Å². The first-order chi connectivity index (χ1) is 17.1. The molecule has 0 fully saturated rings. The average molecular weight is 463 g/mol. The molecule has 172 valence electrons. The zero-order valence-corrected chi connectivity index (χ0v) is 19.0. The van der Waals surface area contributed by atoms with Gasteiger partial charge in [0.1, 0.15) is 11.4 Å². The summed E-state index contributed by atoms with van der Waals surface area (Å²) in [5, 5.41) is 8.02. The zero-order valence-electron chi connectivity index (χ0n) is 19.0. The first-order valence-corrected chi connectivity index (χ1v) is 10.9. The second kappa shape index (κ2) is 11.3. The van der Waals surface area contributed by atoms with Crippen molar-refractivity contribution in [2.45, 2.75) is 6.92 Å². The molecule has 4 rings (SSSR count). The quantitative estimate of drug-likeness (QED) is 0.188. The van der Waals surface area contributed by atoms with Crippen LogP contribution in [-0.2, 0) is 9.68 Å². The number of carbonyl (C=O) groups excluding carboxylic acids is 2. The number of nitrogens with zero attached hydrogens (tertiary/aromatic N) is 2. The first-order valence-electron chi connectivity index (χ1n) is 10.9. The third-order valence-corrected chi connectivity index (χ3v) is 5.11. The molecule has 0 aromatic heterocycles. The minimum absolute atomic E-state index is 0.259. The van der Waals surface area contributed by atoms with Crippen LogP contribution in [0.2, 0.25) is 0 Å². The van der Waals surface area contributed by atoms with Gasteiger partial charge in [-0.3, -0.25) is 0 Å². The molecule has 0 bridgehead atoms. The van der Waals surface area contributed by atoms with E-state index < -0.39 is 11.9 Å². The fourth-order valence-electron chi connectivity index (χ4n) is 3.27. The Bertz CT molecular complexity index is 1350. The molecule has 0 aliphatic carbocycles. The van der Waals surface area contributed by atoms with Crippen molar-refractivity contribution in [2.75, 3.05) is 0 Å². The summed E-state index contributed by atoms with van der Waals surface area (Å²) in [5.74, 6) is -1.22. The van der Waals surface area contributed by atoms with Crippen molar-refractivity contribution in [3.63, 3.8) is 0 Å². The maximum absolute atomic E-state index is 12.4. The van der Waals surface area contributed by atoms with Gasteiger partial charge in [0.05, 0.1) is 11.1 Å². The van der Waals surface area contributed by atoms with Gasteiger partial charge in [-0.15, -0.1) is 0 Å². The van der Waals surface area contributed by atoms with Gasteiger partial charge in [0.15, 0.2) is 0 Å². The Kier molecular flexibility index (Phi) is 7.56. The maximum atomic E-state index is 12.4. The predicted molar refractivity (Wildman–Crippen MR) is 135 cm³/mol. The highest BCUT2D eigenvalue weighted by atomic mass is 16.7. The highest BCUT2D eigenvalue weighted by Gasteiger charge is 2.14. The Morgan fingerprint density at radius 3 is 1.46 bits per heavy atom. The molecule has 0 N–H and O–H groups in total. The molecule has 6 heteroatoms. The summed E-state index contributed by atoms with van der Waals surface area (Å²) < 4.78 is 0. The number of oxime groups is 2. The molecule has 0 aliphatic heterocycles. The molecule has 0 aliphatic rings. The molecule has 4 aromatic carbocycles. The summed E-state index contributed by atoms with van der Waals surface area (Å²) in [4.78, 5) is 35.0. The minimum Gasteiger partial charge on any atom is -0.312 e. The van der Waals surface area contributed by atoms with Crippen molar-refractivity contribution in [1.82, 2.24) is 0 Å². The van der Waals surface area contributed by atoms with Gasteiger partial charge in [0.2, 0.25) is 0 Å². The standard InChI is InChI=1S/C29H22N2O4/c1-21(30-34-28(32)25-13-7-3-8-14-25)27(31-35-29(33)26-15-9-4-10-16-26)24-19-17-23(18-20-24)22-11-5-2-6-12-22/h2-20H,1H3/b30-21+,31-27+. The maximum Gasteiger partial charge on any atom is 0.365 e. The third-order valence-electron chi connectivity index (χ3n) is 5.11. The largest absolute Gasteiger partial charge is 0.365 e. The molecule has 4 aromatic rings. The molecular formula is C29H22N2O4. The van der Waals surface area contributed by atoms with Crippen molar-refractivity contribution < 1.29 is 19.3 Å². The van der Waals surface area contributed by atoms with Crippen molar-refractivity contribution >= 4 is 23.4 Å². The monoisotopic (exact) mass is 462 g/mol. The molecule has 6 nitrogen and oxygen atoms in total. The lowest BCUT2D eigenvalue weighted by molar-refractivity contribution is 0.0502. The lowest BCUT2D eigenvalue weighted by Gasteiger charge is -2.08. The summed E-state index contributed by atoms with van der Waals surface area (Å²) in [6, 6.07) is 34.6. The van der Waals surface area contributed by atoms with E-state index in [1.165, 1.54) is 0 Å². The molecule has 0 amide bonds. The predicted octanol–water partition coefficient (Wildman–Crippen LogP) is 6.15. The summed E-state index contributed by atoms with van der Waals surface area (Å²) in [6.07, 6.45) is 0. The van der Waals surface area contributed by atoms with Crippen LogP contribution in [0.1, 0.15) is 33.2 Å². The van der Waals surface area contributed by atoms with E-state index in [0.717, 1.165) is 11.1 Å². The van der Waals surface area contributed by atoms with Gasteiger partial charge in [-0.05, 0) is 42.3 Å². The van der Waals surface area contributed by atoms with E-state index in [9.17, 15) is 9.59 Å². The normalized spacial score (nSPS) is 11.6. The van der Waals surface area contributed by atoms with Crippen molar-refractivity contribution in [3.8, 4) is 11.1 Å². The number of hydrogen-bond donors (Lipinski definition) is 0. The lowest BCUT2D eigenvalue weighted by atomic mass is 10.0. The zero-order chi connectivity index (χ0) is 24.5. The fourth-order valence-corrected chi connectivity index (χ4v) is 3.27. The molecule has 0 atom stereocenters. The molecule has 0 unspecified atom stereocenters. The van der Waals surface area contributed by atoms with Crippen LogP contribution in [0.15, 0.2) is 126 Å². The Morgan fingerprint density at radius 2 is 0.943 bits per heavy atom. The van der Waals surface area contributed by atoms with Gasteiger partial charge < -0.3 is 9.68 Å². The van der Waals surface area contributed by atoms with E-state index in [1.807, 2.05) is 54.6 Å². The summed E-state index contributed by atoms with van der Waals surface area (Å²) in [6.45, 7) is 1.62. The Morgan fingerprint density at radius 1 is 0.514 bits per heavy atom. The number of hydrogen-bond acceptors (Lipinski definition) is 6. The number of rotatable bonds is 7. The number of carbonyl (C=O) groups is 2. The molecule has 0 saturated heterocycles. The van der Waals surface area contributed by atoms with Crippen molar-refractivity contribution in [1.29, 1.82) is 0 Å². The molecule has 0 radical (unpaired) electrons. The van der Waals surface area contributed by atoms with Crippen LogP contribution in [0.25, 0.3) is 11.1 Å². The van der Waals surface area contributed by atoms with Crippen LogP contribution in [0.3, 0.4) is 0 Å². The van der Waals surface area contributed by atoms with E-state index in [-0.39, 0.29) is 11.4 Å². The van der Waals surface area contributed by atoms with Gasteiger partial charge in [0.25, 0.3) is 0 Å². The van der Waals surface area contributed by atoms with Crippen LogP contribution in [-0.4, -0.2) is 23.4 Å². The lowest BCUT2D eigenvalue weighted by Crippen LogP contribution is -2.16. The van der Waals surface area contributed by atoms with Crippen LogP contribution in [0.4, 0.5) is 0 Å². The Labute approximate surface area is 203 Å². The van der Waals surface area contributed by atoms with E-state index in [0.29, 0.717) is 16.7 Å². The second-order valence-electron chi connectivity index (χ2n) is 7.55. The van der Waals surface area contributed by atoms with Gasteiger partial charge in [-0.1, -0.05) is 101 Å². The summed E-state index contributed by atoms with van der Waals surface area (Å²) in [7, 11) is 0. The summed E-state index contributed by atoms with van der Waals surface area (Å²) >= 11 is 0. The molecule has 35 heavy (non-hydrogen) atoms. The molecular weight excluding hydrogens is 440 g/mol. The van der Waals surface area contributed by atoms with Crippen molar-refractivity contribution in [2.24, 2.45) is 10.3 Å². The third kappa shape index (κ3) is 6.15. The van der Waals surface area contributed by atoms with Gasteiger partial charge >= 0.3 is 11.9 Å². The van der Waals surface area contributed by atoms with Crippen LogP contribution in [0, 0.1) is 0 Å². The molecule has 0 heterocycles. The molecule has 0 saturated carbocycles. The van der Waals surface area contributed by atoms with Crippen LogP contribution >= 0.6 is 0 Å². The summed E-state index contributed by atoms with van der Waals surface area (Å²) in [5.41, 5.74) is 3.97. The van der Waals surface area contributed by atoms with E-state index in [1.54, 1.807) is 67.6 Å². The van der Waals surface area contributed by atoms with Crippen LogP contribution in [0.5, 0.6) is 0 Å². The van der Waals surface area contributed by atoms with Gasteiger partial charge in [-0.2, -0.15) is 0 Å². The van der Waals surface area contributed by atoms with Crippen LogP contribution < -0.4 is 0 Å². The van der Waals surface area contributed by atoms with Gasteiger partial charge in [0, 0.05) is 5.56 Å². The van der Waals surface area contributed by atoms with Gasteiger partial charge in [-0.25, -0.2) is 9.59 Å². The minimum atomic E-state index is -0.613. The molecule has 0 spiro atoms. The average Bonchev–Trinajstić information content (AvgIpc) is 2.93. The SMILES string of the molecule is CC(=N\OC(=O)c1ccccc1)/C(=N\OC(=O)c1ccccc1)c1ccc(-c2ccccc2)cc1. The Balaban J connectivity index is 1.61. The van der Waals surface area contributed by atoms with E-state index in [4.69, 9.17) is 9.68 Å².